The van der Waals surface area contributed by atoms with Crippen LogP contribution in [-0.2, 0) is 5.41 Å². The Morgan fingerprint density at radius 3 is 2.20 bits per heavy atom. The van der Waals surface area contributed by atoms with Gasteiger partial charge in [0.1, 0.15) is 10.6 Å². The number of fused-ring (bicyclic) bond motifs is 3. The SMILES string of the molecule is CC(C)(C)c1ccc2c(O)cc3c(c2c1)[C@H](C(Cl)Cl)CN3C(C)(C)C. The number of halogens is 2. The minimum atomic E-state index is -0.489. The largest absolute Gasteiger partial charge is 0.507 e. The quantitative estimate of drug-likeness (QED) is 0.583. The van der Waals surface area contributed by atoms with Crippen LogP contribution in [-0.4, -0.2) is 22.0 Å². The van der Waals surface area contributed by atoms with Crippen LogP contribution in [0.2, 0.25) is 0 Å². The molecule has 1 aliphatic rings. The molecule has 2 aromatic rings. The van der Waals surface area contributed by atoms with Gasteiger partial charge in [0.15, 0.2) is 0 Å². The molecular formula is C21H27Cl2NO. The average Bonchev–Trinajstić information content (AvgIpc) is 2.85. The summed E-state index contributed by atoms with van der Waals surface area (Å²) in [6.45, 7) is 13.9. The lowest BCUT2D eigenvalue weighted by Crippen LogP contribution is -2.41. The predicted octanol–water partition coefficient (Wildman–Crippen LogP) is 6.35. The average molecular weight is 380 g/mol. The highest BCUT2D eigenvalue weighted by molar-refractivity contribution is 6.45. The van der Waals surface area contributed by atoms with Crippen LogP contribution in [0.5, 0.6) is 5.75 Å². The molecule has 1 aliphatic heterocycles. The van der Waals surface area contributed by atoms with Gasteiger partial charge in [-0.05, 0) is 42.7 Å². The third-order valence-electron chi connectivity index (χ3n) is 5.16. The van der Waals surface area contributed by atoms with Crippen molar-refractivity contribution in [3.05, 3.63) is 35.4 Å². The van der Waals surface area contributed by atoms with E-state index < -0.39 is 4.84 Å². The van der Waals surface area contributed by atoms with Crippen LogP contribution in [0.15, 0.2) is 24.3 Å². The zero-order valence-corrected chi connectivity index (χ0v) is 17.3. The molecular weight excluding hydrogens is 353 g/mol. The van der Waals surface area contributed by atoms with Gasteiger partial charge in [-0.1, -0.05) is 39.0 Å². The second-order valence-electron chi connectivity index (χ2n) is 9.06. The molecule has 0 saturated carbocycles. The summed E-state index contributed by atoms with van der Waals surface area (Å²) in [7, 11) is 0. The third-order valence-corrected chi connectivity index (χ3v) is 5.76. The fourth-order valence-electron chi connectivity index (χ4n) is 3.72. The number of phenols is 1. The minimum absolute atomic E-state index is 0.0240. The molecule has 25 heavy (non-hydrogen) atoms. The van der Waals surface area contributed by atoms with Crippen molar-refractivity contribution in [2.24, 2.45) is 0 Å². The number of alkyl halides is 2. The molecule has 0 amide bonds. The number of rotatable bonds is 1. The molecule has 1 N–H and O–H groups in total. The van der Waals surface area contributed by atoms with Gasteiger partial charge in [0.25, 0.3) is 0 Å². The topological polar surface area (TPSA) is 23.5 Å². The molecule has 2 aromatic carbocycles. The van der Waals surface area contributed by atoms with Crippen molar-refractivity contribution in [3.63, 3.8) is 0 Å². The highest BCUT2D eigenvalue weighted by Gasteiger charge is 2.39. The Balaban J connectivity index is 2.35. The van der Waals surface area contributed by atoms with E-state index in [1.807, 2.05) is 12.1 Å². The van der Waals surface area contributed by atoms with E-state index in [0.29, 0.717) is 5.75 Å². The van der Waals surface area contributed by atoms with Gasteiger partial charge in [-0.3, -0.25) is 0 Å². The molecule has 0 aromatic heterocycles. The Hall–Kier alpha value is -1.12. The van der Waals surface area contributed by atoms with Gasteiger partial charge in [0.05, 0.1) is 0 Å². The van der Waals surface area contributed by atoms with Gasteiger partial charge in [0.2, 0.25) is 0 Å². The number of anilines is 1. The number of phenolic OH excluding ortho intramolecular Hbond substituents is 1. The van der Waals surface area contributed by atoms with Gasteiger partial charge in [-0.25, -0.2) is 0 Å². The summed E-state index contributed by atoms with van der Waals surface area (Å²) in [6.07, 6.45) is 0. The second-order valence-corrected chi connectivity index (χ2v) is 10.2. The Kier molecular flexibility index (Phi) is 4.45. The lowest BCUT2D eigenvalue weighted by molar-refractivity contribution is 0.479. The maximum Gasteiger partial charge on any atom is 0.125 e. The molecule has 4 heteroatoms. The van der Waals surface area contributed by atoms with Crippen molar-refractivity contribution < 1.29 is 5.11 Å². The first-order valence-electron chi connectivity index (χ1n) is 8.77. The molecule has 2 nitrogen and oxygen atoms in total. The standard InChI is InChI=1S/C21H27Cl2NO/c1-20(2,3)12-7-8-13-14(9-12)18-15(19(22)23)11-24(21(4,5)6)16(18)10-17(13)25/h7-10,15,19,25H,11H2,1-6H3/t15-/m1/s1. The van der Waals surface area contributed by atoms with Crippen LogP contribution < -0.4 is 4.90 Å². The zero-order valence-electron chi connectivity index (χ0n) is 15.8. The van der Waals surface area contributed by atoms with Gasteiger partial charge in [0, 0.05) is 35.1 Å². The number of aromatic hydroxyl groups is 1. The Labute approximate surface area is 160 Å². The van der Waals surface area contributed by atoms with Crippen molar-refractivity contribution >= 4 is 39.7 Å². The summed E-state index contributed by atoms with van der Waals surface area (Å²) in [4.78, 5) is 1.81. The molecule has 0 unspecified atom stereocenters. The number of nitrogens with zero attached hydrogens (tertiary/aromatic N) is 1. The highest BCUT2D eigenvalue weighted by atomic mass is 35.5. The van der Waals surface area contributed by atoms with E-state index in [0.717, 1.165) is 28.6 Å². The van der Waals surface area contributed by atoms with E-state index in [1.54, 1.807) is 0 Å². The molecule has 0 radical (unpaired) electrons. The smallest absolute Gasteiger partial charge is 0.125 e. The van der Waals surface area contributed by atoms with E-state index in [1.165, 1.54) is 5.56 Å². The molecule has 0 saturated heterocycles. The fraction of sp³-hybridized carbons (Fsp3) is 0.524. The normalized spacial score (nSPS) is 18.3. The summed E-state index contributed by atoms with van der Waals surface area (Å²) in [6, 6.07) is 8.18. The predicted molar refractivity (Wildman–Crippen MR) is 110 cm³/mol. The molecule has 3 rings (SSSR count). The Bertz CT molecular complexity index is 815. The van der Waals surface area contributed by atoms with Crippen molar-refractivity contribution in [2.75, 3.05) is 11.4 Å². The van der Waals surface area contributed by atoms with Crippen molar-refractivity contribution in [1.29, 1.82) is 0 Å². The first kappa shape index (κ1) is 18.7. The van der Waals surface area contributed by atoms with Gasteiger partial charge < -0.3 is 10.0 Å². The van der Waals surface area contributed by atoms with Crippen LogP contribution in [0.25, 0.3) is 10.8 Å². The Morgan fingerprint density at radius 1 is 1.04 bits per heavy atom. The summed E-state index contributed by atoms with van der Waals surface area (Å²) < 4.78 is 0. The number of benzene rings is 2. The van der Waals surface area contributed by atoms with E-state index in [4.69, 9.17) is 23.2 Å². The molecule has 0 spiro atoms. The van der Waals surface area contributed by atoms with Gasteiger partial charge in [-0.2, -0.15) is 0 Å². The van der Waals surface area contributed by atoms with E-state index in [-0.39, 0.29) is 16.9 Å². The van der Waals surface area contributed by atoms with E-state index in [9.17, 15) is 5.11 Å². The lowest BCUT2D eigenvalue weighted by atomic mass is 9.84. The van der Waals surface area contributed by atoms with Crippen LogP contribution in [0, 0.1) is 0 Å². The van der Waals surface area contributed by atoms with Crippen LogP contribution in [0.3, 0.4) is 0 Å². The van der Waals surface area contributed by atoms with Crippen molar-refractivity contribution in [3.8, 4) is 5.75 Å². The fourth-order valence-corrected chi connectivity index (χ4v) is 4.13. The second kappa shape index (κ2) is 5.96. The van der Waals surface area contributed by atoms with Crippen LogP contribution in [0.4, 0.5) is 5.69 Å². The van der Waals surface area contributed by atoms with Crippen LogP contribution in [0.1, 0.15) is 58.6 Å². The van der Waals surface area contributed by atoms with E-state index >= 15 is 0 Å². The highest BCUT2D eigenvalue weighted by Crippen LogP contribution is 2.50. The summed E-state index contributed by atoms with van der Waals surface area (Å²) in [5, 5.41) is 12.6. The van der Waals surface area contributed by atoms with Gasteiger partial charge in [-0.15, -0.1) is 23.2 Å². The third kappa shape index (κ3) is 3.19. The molecule has 0 bridgehead atoms. The first-order valence-corrected chi connectivity index (χ1v) is 9.64. The zero-order chi connectivity index (χ0) is 18.7. The Morgan fingerprint density at radius 2 is 1.68 bits per heavy atom. The first-order chi connectivity index (χ1) is 11.4. The monoisotopic (exact) mass is 379 g/mol. The maximum atomic E-state index is 10.6. The molecule has 136 valence electrons. The van der Waals surface area contributed by atoms with Gasteiger partial charge >= 0.3 is 0 Å². The lowest BCUT2D eigenvalue weighted by Gasteiger charge is -2.35. The molecule has 0 fully saturated rings. The van der Waals surface area contributed by atoms with Crippen molar-refractivity contribution in [1.82, 2.24) is 0 Å². The summed E-state index contributed by atoms with van der Waals surface area (Å²) in [5.41, 5.74) is 3.39. The number of hydrogen-bond donors (Lipinski definition) is 1. The number of hydrogen-bond acceptors (Lipinski definition) is 2. The van der Waals surface area contributed by atoms with Crippen molar-refractivity contribution in [2.45, 2.75) is 63.3 Å². The summed E-state index contributed by atoms with van der Waals surface area (Å²) >= 11 is 12.7. The molecule has 1 heterocycles. The molecule has 0 aliphatic carbocycles. The minimum Gasteiger partial charge on any atom is -0.507 e. The molecule has 1 atom stereocenters. The maximum absolute atomic E-state index is 10.6. The summed E-state index contributed by atoms with van der Waals surface area (Å²) in [5.74, 6) is 0.334. The van der Waals surface area contributed by atoms with E-state index in [2.05, 4.69) is 58.6 Å². The van der Waals surface area contributed by atoms with Crippen LogP contribution >= 0.6 is 23.2 Å².